The van der Waals surface area contributed by atoms with E-state index in [-0.39, 0.29) is 23.1 Å². The summed E-state index contributed by atoms with van der Waals surface area (Å²) in [7, 11) is -7.50. The molecule has 0 aliphatic carbocycles. The maximum atomic E-state index is 12.6. The molecule has 2 aromatic rings. The molecule has 0 saturated carbocycles. The van der Waals surface area contributed by atoms with Crippen LogP contribution in [-0.4, -0.2) is 41.6 Å². The van der Waals surface area contributed by atoms with Gasteiger partial charge in [-0.2, -0.15) is 0 Å². The highest BCUT2D eigenvalue weighted by Gasteiger charge is 2.29. The van der Waals surface area contributed by atoms with Crippen molar-refractivity contribution >= 4 is 37.3 Å². The number of amides is 1. The average molecular weight is 424 g/mol. The van der Waals surface area contributed by atoms with Crippen LogP contribution in [0.4, 0.5) is 11.4 Å². The molecule has 2 N–H and O–H groups in total. The predicted octanol–water partition coefficient (Wildman–Crippen LogP) is 1.32. The molecule has 0 bridgehead atoms. The Morgan fingerprint density at radius 3 is 2.39 bits per heavy atom. The van der Waals surface area contributed by atoms with Crippen molar-refractivity contribution in [3.05, 3.63) is 54.1 Å². The van der Waals surface area contributed by atoms with Crippen LogP contribution in [0.2, 0.25) is 0 Å². The molecule has 28 heavy (non-hydrogen) atoms. The number of para-hydroxylation sites is 1. The van der Waals surface area contributed by atoms with E-state index in [1.807, 2.05) is 12.1 Å². The third-order valence-electron chi connectivity index (χ3n) is 4.32. The van der Waals surface area contributed by atoms with Crippen LogP contribution < -0.4 is 14.3 Å². The molecule has 10 heteroatoms. The quantitative estimate of drug-likeness (QED) is 0.697. The molecule has 1 heterocycles. The summed E-state index contributed by atoms with van der Waals surface area (Å²) in [5, 5.41) is 2.55. The molecule has 2 aromatic carbocycles. The second kappa shape index (κ2) is 7.90. The zero-order valence-electron chi connectivity index (χ0n) is 15.3. The van der Waals surface area contributed by atoms with E-state index in [4.69, 9.17) is 0 Å². The monoisotopic (exact) mass is 423 g/mol. The number of nitrogens with one attached hydrogen (secondary N) is 2. The van der Waals surface area contributed by atoms with E-state index < -0.39 is 20.0 Å². The van der Waals surface area contributed by atoms with Gasteiger partial charge in [-0.05, 0) is 42.3 Å². The molecule has 1 aliphatic heterocycles. The van der Waals surface area contributed by atoms with Crippen molar-refractivity contribution in [2.75, 3.05) is 28.5 Å². The summed E-state index contributed by atoms with van der Waals surface area (Å²) >= 11 is 0. The summed E-state index contributed by atoms with van der Waals surface area (Å²) in [4.78, 5) is 11.0. The van der Waals surface area contributed by atoms with Crippen molar-refractivity contribution in [3.8, 4) is 0 Å². The van der Waals surface area contributed by atoms with Crippen LogP contribution in [0.1, 0.15) is 12.5 Å². The maximum Gasteiger partial charge on any atom is 0.240 e. The van der Waals surface area contributed by atoms with E-state index >= 15 is 0 Å². The minimum absolute atomic E-state index is 0.00878. The molecule has 0 radical (unpaired) electrons. The van der Waals surface area contributed by atoms with E-state index in [0.29, 0.717) is 24.3 Å². The third-order valence-corrected chi connectivity index (χ3v) is 7.57. The van der Waals surface area contributed by atoms with Crippen molar-refractivity contribution in [1.29, 1.82) is 0 Å². The Morgan fingerprint density at radius 2 is 1.71 bits per heavy atom. The van der Waals surface area contributed by atoms with Gasteiger partial charge in [-0.15, -0.1) is 0 Å². The second-order valence-electron chi connectivity index (χ2n) is 6.37. The molecule has 1 aliphatic rings. The highest BCUT2D eigenvalue weighted by molar-refractivity contribution is 7.93. The van der Waals surface area contributed by atoms with Gasteiger partial charge in [0.15, 0.2) is 0 Å². The molecule has 0 saturated heterocycles. The van der Waals surface area contributed by atoms with Crippen LogP contribution in [0.5, 0.6) is 0 Å². The molecule has 0 unspecified atom stereocenters. The van der Waals surface area contributed by atoms with Gasteiger partial charge in [0, 0.05) is 25.7 Å². The van der Waals surface area contributed by atoms with Crippen LogP contribution in [0.25, 0.3) is 0 Å². The lowest BCUT2D eigenvalue weighted by Crippen LogP contribution is -2.36. The van der Waals surface area contributed by atoms with Crippen LogP contribution >= 0.6 is 0 Å². The summed E-state index contributed by atoms with van der Waals surface area (Å²) in [6.45, 7) is 1.47. The molecule has 150 valence electrons. The second-order valence-corrected chi connectivity index (χ2v) is 10.1. The number of nitrogens with zero attached hydrogens (tertiary/aromatic N) is 1. The Balaban J connectivity index is 1.63. The topological polar surface area (TPSA) is 113 Å². The Bertz CT molecular complexity index is 1080. The molecule has 0 fully saturated rings. The van der Waals surface area contributed by atoms with Crippen molar-refractivity contribution in [2.24, 2.45) is 0 Å². The molecule has 0 aromatic heterocycles. The predicted molar refractivity (Wildman–Crippen MR) is 107 cm³/mol. The zero-order chi connectivity index (χ0) is 20.4. The van der Waals surface area contributed by atoms with E-state index in [0.717, 1.165) is 5.56 Å². The Labute approximate surface area is 164 Å². The number of benzene rings is 2. The first-order valence-electron chi connectivity index (χ1n) is 8.65. The Morgan fingerprint density at radius 1 is 1.04 bits per heavy atom. The minimum atomic E-state index is -3.86. The summed E-state index contributed by atoms with van der Waals surface area (Å²) < 4.78 is 53.6. The fourth-order valence-corrected chi connectivity index (χ4v) is 5.60. The standard InChI is InChI=1S/C18H21N3O5S2/c1-14(22)20-16-6-8-17(9-7-16)28(25,26)19-11-13-27(23,24)21-12-10-15-4-2-3-5-18(15)21/h2-9,19H,10-13H2,1H3,(H,20,22). The summed E-state index contributed by atoms with van der Waals surface area (Å²) in [5.74, 6) is -0.604. The van der Waals surface area contributed by atoms with Gasteiger partial charge < -0.3 is 5.32 Å². The highest BCUT2D eigenvalue weighted by Crippen LogP contribution is 2.29. The van der Waals surface area contributed by atoms with Gasteiger partial charge in [-0.25, -0.2) is 21.6 Å². The number of rotatable bonds is 7. The SMILES string of the molecule is CC(=O)Nc1ccc(S(=O)(=O)NCCS(=O)(=O)N2CCc3ccccc32)cc1. The van der Waals surface area contributed by atoms with Crippen LogP contribution in [0.15, 0.2) is 53.4 Å². The number of carbonyl (C=O) groups excluding carboxylic acids is 1. The number of hydrogen-bond acceptors (Lipinski definition) is 5. The molecule has 8 nitrogen and oxygen atoms in total. The minimum Gasteiger partial charge on any atom is -0.326 e. The van der Waals surface area contributed by atoms with Gasteiger partial charge in [0.1, 0.15) is 0 Å². The van der Waals surface area contributed by atoms with Crippen molar-refractivity contribution in [1.82, 2.24) is 4.72 Å². The first-order valence-corrected chi connectivity index (χ1v) is 11.7. The van der Waals surface area contributed by atoms with Gasteiger partial charge in [0.2, 0.25) is 26.0 Å². The lowest BCUT2D eigenvalue weighted by molar-refractivity contribution is -0.114. The van der Waals surface area contributed by atoms with Gasteiger partial charge >= 0.3 is 0 Å². The maximum absolute atomic E-state index is 12.6. The van der Waals surface area contributed by atoms with Gasteiger partial charge in [-0.3, -0.25) is 9.10 Å². The largest absolute Gasteiger partial charge is 0.326 e. The number of hydrogen-bond donors (Lipinski definition) is 2. The number of carbonyl (C=O) groups is 1. The van der Waals surface area contributed by atoms with E-state index in [2.05, 4.69) is 10.0 Å². The van der Waals surface area contributed by atoms with Gasteiger partial charge in [-0.1, -0.05) is 18.2 Å². The van der Waals surface area contributed by atoms with Crippen LogP contribution in [0, 0.1) is 0 Å². The van der Waals surface area contributed by atoms with Gasteiger partial charge in [0.05, 0.1) is 16.3 Å². The van der Waals surface area contributed by atoms with Crippen molar-refractivity contribution in [3.63, 3.8) is 0 Å². The van der Waals surface area contributed by atoms with Crippen LogP contribution in [0.3, 0.4) is 0 Å². The Kier molecular flexibility index (Phi) is 5.73. The fourth-order valence-electron chi connectivity index (χ4n) is 3.02. The molecular weight excluding hydrogens is 402 g/mol. The van der Waals surface area contributed by atoms with E-state index in [1.54, 1.807) is 12.1 Å². The Hall–Kier alpha value is -2.43. The molecule has 1 amide bonds. The summed E-state index contributed by atoms with van der Waals surface area (Å²) in [6, 6.07) is 12.9. The van der Waals surface area contributed by atoms with E-state index in [1.165, 1.54) is 35.5 Å². The van der Waals surface area contributed by atoms with E-state index in [9.17, 15) is 21.6 Å². The molecular formula is C18H21N3O5S2. The smallest absolute Gasteiger partial charge is 0.240 e. The summed E-state index contributed by atoms with van der Waals surface area (Å²) in [6.07, 6.45) is 0.641. The lowest BCUT2D eigenvalue weighted by Gasteiger charge is -2.19. The van der Waals surface area contributed by atoms with Crippen LogP contribution in [-0.2, 0) is 31.3 Å². The van der Waals surface area contributed by atoms with Crippen molar-refractivity contribution in [2.45, 2.75) is 18.2 Å². The summed E-state index contributed by atoms with van der Waals surface area (Å²) in [5.41, 5.74) is 2.09. The average Bonchev–Trinajstić information content (AvgIpc) is 3.06. The molecule has 0 spiro atoms. The van der Waals surface area contributed by atoms with Crippen molar-refractivity contribution < 1.29 is 21.6 Å². The normalized spacial score (nSPS) is 14.0. The number of anilines is 2. The first kappa shape index (κ1) is 20.3. The molecule has 3 rings (SSSR count). The van der Waals surface area contributed by atoms with Gasteiger partial charge in [0.25, 0.3) is 0 Å². The molecule has 0 atom stereocenters. The lowest BCUT2D eigenvalue weighted by atomic mass is 10.2. The number of sulfonamides is 2. The third kappa shape index (κ3) is 4.51. The fraction of sp³-hybridized carbons (Fsp3) is 0.278. The number of fused-ring (bicyclic) bond motifs is 1. The highest BCUT2D eigenvalue weighted by atomic mass is 32.2. The first-order chi connectivity index (χ1) is 13.2. The zero-order valence-corrected chi connectivity index (χ0v) is 16.9.